The van der Waals surface area contributed by atoms with Crippen molar-refractivity contribution in [2.45, 2.75) is 26.8 Å². The van der Waals surface area contributed by atoms with Crippen LogP contribution in [0.25, 0.3) is 0 Å². The molecule has 1 aromatic heterocycles. The van der Waals surface area contributed by atoms with Gasteiger partial charge in [0.2, 0.25) is 0 Å². The minimum absolute atomic E-state index is 0.150. The molecule has 1 aromatic carbocycles. The molecule has 0 atom stereocenters. The number of nitrogens with zero attached hydrogens (tertiary/aromatic N) is 2. The van der Waals surface area contributed by atoms with E-state index >= 15 is 0 Å². The summed E-state index contributed by atoms with van der Waals surface area (Å²) in [7, 11) is 0. The van der Waals surface area contributed by atoms with Gasteiger partial charge in [-0.25, -0.2) is 0 Å². The lowest BCUT2D eigenvalue weighted by atomic mass is 10.1. The third-order valence-corrected chi connectivity index (χ3v) is 3.07. The fraction of sp³-hybridized carbons (Fsp3) is 0.267. The Balaban J connectivity index is 2.13. The van der Waals surface area contributed by atoms with Gasteiger partial charge in [-0.1, -0.05) is 25.1 Å². The summed E-state index contributed by atoms with van der Waals surface area (Å²) in [6.07, 6.45) is 0.670. The minimum atomic E-state index is -0.150. The van der Waals surface area contributed by atoms with Crippen LogP contribution in [0.15, 0.2) is 30.3 Å². The fourth-order valence-corrected chi connectivity index (χ4v) is 1.94. The van der Waals surface area contributed by atoms with Crippen molar-refractivity contribution in [2.24, 2.45) is 0 Å². The maximum atomic E-state index is 12.2. The molecular weight excluding hydrogens is 252 g/mol. The highest BCUT2D eigenvalue weighted by Crippen LogP contribution is 2.11. The number of carbonyl (C=O) groups is 1. The third kappa shape index (κ3) is 3.12. The van der Waals surface area contributed by atoms with E-state index in [-0.39, 0.29) is 5.91 Å². The average Bonchev–Trinajstić information content (AvgIpc) is 2.46. The number of benzene rings is 1. The first-order chi connectivity index (χ1) is 9.61. The molecule has 1 amide bonds. The standard InChI is InChI=1S/C15H18N4O/c1-3-14-12(8-10(2)18-19-14)15(20)17-9-11-6-4-5-7-13(11)16/h4-8H,3,9,16H2,1-2H3,(H,17,20). The maximum Gasteiger partial charge on any atom is 0.253 e. The number of para-hydroxylation sites is 1. The van der Waals surface area contributed by atoms with Crippen LogP contribution in [-0.2, 0) is 13.0 Å². The molecule has 20 heavy (non-hydrogen) atoms. The molecule has 2 rings (SSSR count). The number of nitrogen functional groups attached to an aromatic ring is 1. The molecule has 0 bridgehead atoms. The molecule has 5 nitrogen and oxygen atoms in total. The second-order valence-electron chi connectivity index (χ2n) is 4.58. The Kier molecular flexibility index (Phi) is 4.30. The number of nitrogens with one attached hydrogen (secondary N) is 1. The Labute approximate surface area is 118 Å². The van der Waals surface area contributed by atoms with Crippen LogP contribution in [0.5, 0.6) is 0 Å². The maximum absolute atomic E-state index is 12.2. The summed E-state index contributed by atoms with van der Waals surface area (Å²) < 4.78 is 0. The Morgan fingerprint density at radius 2 is 2.05 bits per heavy atom. The van der Waals surface area contributed by atoms with Gasteiger partial charge >= 0.3 is 0 Å². The van der Waals surface area contributed by atoms with Crippen molar-refractivity contribution in [1.82, 2.24) is 15.5 Å². The quantitative estimate of drug-likeness (QED) is 0.831. The summed E-state index contributed by atoms with van der Waals surface area (Å²) >= 11 is 0. The fourth-order valence-electron chi connectivity index (χ4n) is 1.94. The van der Waals surface area contributed by atoms with Gasteiger partial charge in [-0.3, -0.25) is 4.79 Å². The summed E-state index contributed by atoms with van der Waals surface area (Å²) in [5.41, 5.74) is 9.44. The highest BCUT2D eigenvalue weighted by molar-refractivity contribution is 5.95. The summed E-state index contributed by atoms with van der Waals surface area (Å²) in [6.45, 7) is 4.17. The molecule has 0 aliphatic carbocycles. The highest BCUT2D eigenvalue weighted by atomic mass is 16.1. The summed E-state index contributed by atoms with van der Waals surface area (Å²) in [6, 6.07) is 9.23. The first-order valence-corrected chi connectivity index (χ1v) is 6.56. The normalized spacial score (nSPS) is 10.3. The summed E-state index contributed by atoms with van der Waals surface area (Å²) in [5.74, 6) is -0.150. The number of amides is 1. The van der Waals surface area contributed by atoms with Crippen molar-refractivity contribution < 1.29 is 4.79 Å². The number of hydrogen-bond acceptors (Lipinski definition) is 4. The third-order valence-electron chi connectivity index (χ3n) is 3.07. The molecule has 0 unspecified atom stereocenters. The number of aryl methyl sites for hydroxylation is 2. The molecule has 0 aliphatic heterocycles. The lowest BCUT2D eigenvalue weighted by Crippen LogP contribution is -2.25. The van der Waals surface area contributed by atoms with Crippen molar-refractivity contribution in [3.05, 3.63) is 52.8 Å². The van der Waals surface area contributed by atoms with Crippen molar-refractivity contribution in [1.29, 1.82) is 0 Å². The first kappa shape index (κ1) is 14.0. The van der Waals surface area contributed by atoms with E-state index in [0.717, 1.165) is 11.3 Å². The monoisotopic (exact) mass is 270 g/mol. The van der Waals surface area contributed by atoms with E-state index < -0.39 is 0 Å². The van der Waals surface area contributed by atoms with E-state index in [4.69, 9.17) is 5.73 Å². The zero-order chi connectivity index (χ0) is 14.5. The lowest BCUT2D eigenvalue weighted by Gasteiger charge is -2.10. The molecule has 0 spiro atoms. The van der Waals surface area contributed by atoms with E-state index in [1.54, 1.807) is 6.07 Å². The Morgan fingerprint density at radius 3 is 2.75 bits per heavy atom. The van der Waals surface area contributed by atoms with Gasteiger partial charge in [-0.15, -0.1) is 0 Å². The van der Waals surface area contributed by atoms with Gasteiger partial charge in [0, 0.05) is 12.2 Å². The zero-order valence-electron chi connectivity index (χ0n) is 11.7. The molecule has 0 saturated heterocycles. The average molecular weight is 270 g/mol. The molecule has 5 heteroatoms. The van der Waals surface area contributed by atoms with Crippen LogP contribution in [0.4, 0.5) is 5.69 Å². The van der Waals surface area contributed by atoms with Gasteiger partial charge in [0.25, 0.3) is 5.91 Å². The van der Waals surface area contributed by atoms with E-state index in [0.29, 0.717) is 29.9 Å². The van der Waals surface area contributed by atoms with Gasteiger partial charge in [0.05, 0.1) is 17.0 Å². The van der Waals surface area contributed by atoms with E-state index in [9.17, 15) is 4.79 Å². The van der Waals surface area contributed by atoms with Gasteiger partial charge in [0.1, 0.15) is 0 Å². The lowest BCUT2D eigenvalue weighted by molar-refractivity contribution is 0.0949. The van der Waals surface area contributed by atoms with E-state index in [1.165, 1.54) is 0 Å². The van der Waals surface area contributed by atoms with Gasteiger partial charge in [-0.05, 0) is 31.0 Å². The number of rotatable bonds is 4. The summed E-state index contributed by atoms with van der Waals surface area (Å²) in [5, 5.41) is 10.9. The van der Waals surface area contributed by atoms with Crippen LogP contribution in [-0.4, -0.2) is 16.1 Å². The van der Waals surface area contributed by atoms with Crippen molar-refractivity contribution in [2.75, 3.05) is 5.73 Å². The van der Waals surface area contributed by atoms with Crippen LogP contribution < -0.4 is 11.1 Å². The molecule has 3 N–H and O–H groups in total. The van der Waals surface area contributed by atoms with Crippen LogP contribution >= 0.6 is 0 Å². The Bertz CT molecular complexity index is 625. The number of anilines is 1. The highest BCUT2D eigenvalue weighted by Gasteiger charge is 2.12. The van der Waals surface area contributed by atoms with Crippen LogP contribution in [0.1, 0.15) is 34.2 Å². The smallest absolute Gasteiger partial charge is 0.253 e. The molecule has 104 valence electrons. The number of nitrogens with two attached hydrogens (primary N) is 1. The zero-order valence-corrected chi connectivity index (χ0v) is 11.7. The molecule has 0 saturated carbocycles. The van der Waals surface area contributed by atoms with E-state index in [1.807, 2.05) is 38.1 Å². The van der Waals surface area contributed by atoms with Crippen molar-refractivity contribution >= 4 is 11.6 Å². The van der Waals surface area contributed by atoms with E-state index in [2.05, 4.69) is 15.5 Å². The second-order valence-corrected chi connectivity index (χ2v) is 4.58. The largest absolute Gasteiger partial charge is 0.398 e. The first-order valence-electron chi connectivity index (χ1n) is 6.56. The number of carbonyl (C=O) groups excluding carboxylic acids is 1. The van der Waals surface area contributed by atoms with Crippen LogP contribution in [0, 0.1) is 6.92 Å². The predicted molar refractivity (Wildman–Crippen MR) is 78.2 cm³/mol. The number of hydrogen-bond donors (Lipinski definition) is 2. The van der Waals surface area contributed by atoms with Gasteiger partial charge < -0.3 is 11.1 Å². The molecule has 1 heterocycles. The molecule has 0 fully saturated rings. The van der Waals surface area contributed by atoms with Gasteiger partial charge in [-0.2, -0.15) is 10.2 Å². The van der Waals surface area contributed by atoms with Gasteiger partial charge in [0.15, 0.2) is 0 Å². The topological polar surface area (TPSA) is 80.9 Å². The SMILES string of the molecule is CCc1nnc(C)cc1C(=O)NCc1ccccc1N. The molecule has 2 aromatic rings. The molecular formula is C15H18N4O. The van der Waals surface area contributed by atoms with Crippen LogP contribution in [0.2, 0.25) is 0 Å². The Morgan fingerprint density at radius 1 is 1.30 bits per heavy atom. The minimum Gasteiger partial charge on any atom is -0.398 e. The van der Waals surface area contributed by atoms with Crippen molar-refractivity contribution in [3.8, 4) is 0 Å². The molecule has 0 radical (unpaired) electrons. The second kappa shape index (κ2) is 6.14. The van der Waals surface area contributed by atoms with Crippen molar-refractivity contribution in [3.63, 3.8) is 0 Å². The predicted octanol–water partition coefficient (Wildman–Crippen LogP) is 1.86. The Hall–Kier alpha value is -2.43. The number of aromatic nitrogens is 2. The van der Waals surface area contributed by atoms with Crippen LogP contribution in [0.3, 0.4) is 0 Å². The molecule has 0 aliphatic rings. The summed E-state index contributed by atoms with van der Waals surface area (Å²) in [4.78, 5) is 12.2.